The van der Waals surface area contributed by atoms with Gasteiger partial charge in [0.05, 0.1) is 6.10 Å². The number of hydrogen-bond donors (Lipinski definition) is 2. The predicted octanol–water partition coefficient (Wildman–Crippen LogP) is 1.86. The Morgan fingerprint density at radius 1 is 1.11 bits per heavy atom. The minimum Gasteiger partial charge on any atom is -0.392 e. The first-order valence-electron chi connectivity index (χ1n) is 7.77. The largest absolute Gasteiger partial charge is 0.392 e. The van der Waals surface area contributed by atoms with Gasteiger partial charge in [-0.15, -0.1) is 0 Å². The average Bonchev–Trinajstić information content (AvgIpc) is 2.90. The summed E-state index contributed by atoms with van der Waals surface area (Å²) >= 11 is 0. The fourth-order valence-electron chi connectivity index (χ4n) is 3.51. The van der Waals surface area contributed by atoms with E-state index in [2.05, 4.69) is 24.2 Å². The summed E-state index contributed by atoms with van der Waals surface area (Å²) in [6, 6.07) is 0.551. The normalized spacial score (nSPS) is 27.5. The second kappa shape index (κ2) is 6.88. The van der Waals surface area contributed by atoms with Crippen molar-refractivity contribution in [2.75, 3.05) is 26.7 Å². The highest BCUT2D eigenvalue weighted by atomic mass is 16.3. The lowest BCUT2D eigenvalue weighted by Gasteiger charge is -2.33. The Bertz CT molecular complexity index is 233. The van der Waals surface area contributed by atoms with Crippen LogP contribution in [-0.2, 0) is 0 Å². The van der Waals surface area contributed by atoms with Gasteiger partial charge in [-0.3, -0.25) is 0 Å². The summed E-state index contributed by atoms with van der Waals surface area (Å²) in [6.07, 6.45) is 7.55. The molecular weight excluding hydrogens is 224 g/mol. The molecule has 0 aromatic heterocycles. The molecule has 3 nitrogen and oxygen atoms in total. The average molecular weight is 254 g/mol. The van der Waals surface area contributed by atoms with Gasteiger partial charge in [-0.05, 0) is 64.6 Å². The van der Waals surface area contributed by atoms with Crippen LogP contribution in [0.25, 0.3) is 0 Å². The lowest BCUT2D eigenvalue weighted by atomic mass is 9.90. The van der Waals surface area contributed by atoms with E-state index in [1.54, 1.807) is 0 Å². The predicted molar refractivity (Wildman–Crippen MR) is 75.7 cm³/mol. The molecule has 2 aliphatic rings. The zero-order valence-electron chi connectivity index (χ0n) is 12.1. The second-order valence-corrected chi connectivity index (χ2v) is 6.45. The van der Waals surface area contributed by atoms with Crippen LogP contribution >= 0.6 is 0 Å². The summed E-state index contributed by atoms with van der Waals surface area (Å²) in [6.45, 7) is 5.53. The lowest BCUT2D eigenvalue weighted by molar-refractivity contribution is 0.0994. The Morgan fingerprint density at radius 3 is 2.33 bits per heavy atom. The van der Waals surface area contributed by atoms with Crippen molar-refractivity contribution in [1.29, 1.82) is 0 Å². The maximum Gasteiger partial charge on any atom is 0.0692 e. The van der Waals surface area contributed by atoms with Crippen LogP contribution in [0, 0.1) is 11.8 Å². The highest BCUT2D eigenvalue weighted by molar-refractivity contribution is 4.81. The minimum atomic E-state index is -0.124. The Kier molecular flexibility index (Phi) is 5.46. The number of aliphatic hydroxyl groups is 1. The Hall–Kier alpha value is -0.120. The van der Waals surface area contributed by atoms with Gasteiger partial charge in [0.25, 0.3) is 0 Å². The Balaban J connectivity index is 1.66. The number of hydrogen-bond acceptors (Lipinski definition) is 3. The summed E-state index contributed by atoms with van der Waals surface area (Å²) in [7, 11) is 2.21. The zero-order valence-corrected chi connectivity index (χ0v) is 12.1. The van der Waals surface area contributed by atoms with Gasteiger partial charge >= 0.3 is 0 Å². The summed E-state index contributed by atoms with van der Waals surface area (Å²) in [5.41, 5.74) is 0. The monoisotopic (exact) mass is 254 g/mol. The first kappa shape index (κ1) is 14.3. The van der Waals surface area contributed by atoms with Crippen LogP contribution in [0.1, 0.15) is 45.4 Å². The molecule has 1 saturated heterocycles. The van der Waals surface area contributed by atoms with Crippen LogP contribution in [0.4, 0.5) is 0 Å². The quantitative estimate of drug-likeness (QED) is 0.786. The van der Waals surface area contributed by atoms with E-state index >= 15 is 0 Å². The molecule has 0 aromatic carbocycles. The van der Waals surface area contributed by atoms with Crippen LogP contribution < -0.4 is 5.32 Å². The molecule has 2 fully saturated rings. The summed E-state index contributed by atoms with van der Waals surface area (Å²) in [5.74, 6) is 1.35. The van der Waals surface area contributed by atoms with Crippen LogP contribution in [0.2, 0.25) is 0 Å². The Labute approximate surface area is 112 Å². The number of rotatable bonds is 5. The van der Waals surface area contributed by atoms with Gasteiger partial charge in [0.1, 0.15) is 0 Å². The van der Waals surface area contributed by atoms with Crippen molar-refractivity contribution in [2.45, 2.75) is 57.6 Å². The van der Waals surface area contributed by atoms with E-state index in [1.807, 2.05) is 0 Å². The van der Waals surface area contributed by atoms with Crippen molar-refractivity contribution in [1.82, 2.24) is 10.2 Å². The fraction of sp³-hybridized carbons (Fsp3) is 1.00. The van der Waals surface area contributed by atoms with E-state index in [9.17, 15) is 5.11 Å². The third kappa shape index (κ3) is 3.94. The highest BCUT2D eigenvalue weighted by Crippen LogP contribution is 2.27. The number of piperidine rings is 1. The van der Waals surface area contributed by atoms with E-state index in [-0.39, 0.29) is 6.10 Å². The number of aliphatic hydroxyl groups excluding tert-OH is 1. The zero-order chi connectivity index (χ0) is 13.0. The molecule has 0 spiro atoms. The van der Waals surface area contributed by atoms with Gasteiger partial charge in [-0.1, -0.05) is 12.8 Å². The molecule has 0 radical (unpaired) electrons. The molecule has 2 rings (SSSR count). The van der Waals surface area contributed by atoms with E-state index in [0.717, 1.165) is 12.5 Å². The second-order valence-electron chi connectivity index (χ2n) is 6.45. The van der Waals surface area contributed by atoms with Crippen molar-refractivity contribution >= 4 is 0 Å². The van der Waals surface area contributed by atoms with Gasteiger partial charge in [-0.25, -0.2) is 0 Å². The van der Waals surface area contributed by atoms with Crippen LogP contribution in [0.15, 0.2) is 0 Å². The van der Waals surface area contributed by atoms with Gasteiger partial charge < -0.3 is 15.3 Å². The third-order valence-corrected chi connectivity index (χ3v) is 5.06. The summed E-state index contributed by atoms with van der Waals surface area (Å²) < 4.78 is 0. The first-order valence-corrected chi connectivity index (χ1v) is 7.77. The molecule has 1 aliphatic heterocycles. The molecule has 2 atom stereocenters. The highest BCUT2D eigenvalue weighted by Gasteiger charge is 2.25. The van der Waals surface area contributed by atoms with Crippen LogP contribution in [0.5, 0.6) is 0 Å². The molecule has 2 N–H and O–H groups in total. The van der Waals surface area contributed by atoms with Gasteiger partial charge in [0.15, 0.2) is 0 Å². The molecule has 106 valence electrons. The molecule has 0 aromatic rings. The maximum absolute atomic E-state index is 10.2. The van der Waals surface area contributed by atoms with Gasteiger partial charge in [0, 0.05) is 12.6 Å². The van der Waals surface area contributed by atoms with Crippen LogP contribution in [-0.4, -0.2) is 48.8 Å². The molecule has 3 heteroatoms. The Morgan fingerprint density at radius 2 is 1.72 bits per heavy atom. The van der Waals surface area contributed by atoms with E-state index < -0.39 is 0 Å². The lowest BCUT2D eigenvalue weighted by Crippen LogP contribution is -2.44. The molecule has 1 saturated carbocycles. The molecule has 0 amide bonds. The standard InChI is InChI=1S/C15H30N2O/c1-12(13-7-9-17(2)10-8-13)16-11-15(18)14-5-3-4-6-14/h12-16,18H,3-11H2,1-2H3. The summed E-state index contributed by atoms with van der Waals surface area (Å²) in [4.78, 5) is 2.41. The molecule has 1 aliphatic carbocycles. The van der Waals surface area contributed by atoms with Crippen molar-refractivity contribution in [2.24, 2.45) is 11.8 Å². The van der Waals surface area contributed by atoms with E-state index in [4.69, 9.17) is 0 Å². The smallest absolute Gasteiger partial charge is 0.0692 e. The number of nitrogens with zero attached hydrogens (tertiary/aromatic N) is 1. The first-order chi connectivity index (χ1) is 8.66. The molecule has 1 heterocycles. The molecule has 2 unspecified atom stereocenters. The van der Waals surface area contributed by atoms with Crippen molar-refractivity contribution in [3.63, 3.8) is 0 Å². The molecular formula is C15H30N2O. The van der Waals surface area contributed by atoms with E-state index in [1.165, 1.54) is 51.6 Å². The number of nitrogens with one attached hydrogen (secondary N) is 1. The minimum absolute atomic E-state index is 0.124. The van der Waals surface area contributed by atoms with Crippen molar-refractivity contribution in [3.05, 3.63) is 0 Å². The summed E-state index contributed by atoms with van der Waals surface area (Å²) in [5, 5.41) is 13.7. The van der Waals surface area contributed by atoms with E-state index in [0.29, 0.717) is 12.0 Å². The molecule has 0 bridgehead atoms. The third-order valence-electron chi connectivity index (χ3n) is 5.06. The fourth-order valence-corrected chi connectivity index (χ4v) is 3.51. The maximum atomic E-state index is 10.2. The van der Waals surface area contributed by atoms with Crippen molar-refractivity contribution < 1.29 is 5.11 Å². The van der Waals surface area contributed by atoms with Crippen LogP contribution in [0.3, 0.4) is 0 Å². The van der Waals surface area contributed by atoms with Gasteiger partial charge in [0.2, 0.25) is 0 Å². The SMILES string of the molecule is CC(NCC(O)C1CCCC1)C1CCN(C)CC1. The van der Waals surface area contributed by atoms with Crippen molar-refractivity contribution in [3.8, 4) is 0 Å². The number of likely N-dealkylation sites (tertiary alicyclic amines) is 1. The molecule has 18 heavy (non-hydrogen) atoms. The van der Waals surface area contributed by atoms with Gasteiger partial charge in [-0.2, -0.15) is 0 Å². The topological polar surface area (TPSA) is 35.5 Å².